The Labute approximate surface area is 159 Å². The Morgan fingerprint density at radius 2 is 0.923 bits per heavy atom. The van der Waals surface area contributed by atoms with Crippen LogP contribution in [0.4, 0.5) is 0 Å². The highest BCUT2D eigenvalue weighted by molar-refractivity contribution is 7.95. The SMILES string of the molecule is CC(C[Si](C)(C)C)=P(c1ccccc1)(c1ccccc1)c1ccccc1. The molecule has 0 saturated carbocycles. The molecule has 0 bridgehead atoms. The van der Waals surface area contributed by atoms with Gasteiger partial charge in [-0.1, -0.05) is 116 Å². The Bertz CT molecular complexity index is 788. The van der Waals surface area contributed by atoms with Gasteiger partial charge in [-0.05, 0) is 35.8 Å². The monoisotopic (exact) mass is 376 g/mol. The lowest BCUT2D eigenvalue weighted by Crippen LogP contribution is -2.32. The number of rotatable bonds is 5. The van der Waals surface area contributed by atoms with Crippen molar-refractivity contribution >= 4 is 36.2 Å². The van der Waals surface area contributed by atoms with Gasteiger partial charge in [-0.25, -0.2) is 0 Å². The van der Waals surface area contributed by atoms with E-state index in [1.807, 2.05) is 0 Å². The lowest BCUT2D eigenvalue weighted by atomic mass is 10.4. The van der Waals surface area contributed by atoms with Crippen molar-refractivity contribution in [3.05, 3.63) is 91.0 Å². The van der Waals surface area contributed by atoms with E-state index in [2.05, 4.69) is 118 Å². The molecule has 0 saturated heterocycles. The maximum Gasteiger partial charge on any atom is 0.0483 e. The zero-order chi connectivity index (χ0) is 18.6. The van der Waals surface area contributed by atoms with E-state index in [0.29, 0.717) is 0 Å². The van der Waals surface area contributed by atoms with Crippen molar-refractivity contribution in [1.82, 2.24) is 0 Å². The van der Waals surface area contributed by atoms with E-state index in [9.17, 15) is 0 Å². The van der Waals surface area contributed by atoms with Gasteiger partial charge >= 0.3 is 0 Å². The lowest BCUT2D eigenvalue weighted by molar-refractivity contribution is 1.57. The molecule has 0 radical (unpaired) electrons. The molecule has 3 aromatic rings. The summed E-state index contributed by atoms with van der Waals surface area (Å²) in [6, 6.07) is 34.8. The maximum absolute atomic E-state index is 2.48. The van der Waals surface area contributed by atoms with Crippen LogP contribution in [0.2, 0.25) is 25.7 Å². The zero-order valence-electron chi connectivity index (χ0n) is 16.3. The van der Waals surface area contributed by atoms with Crippen LogP contribution in [0.15, 0.2) is 91.0 Å². The van der Waals surface area contributed by atoms with E-state index in [1.165, 1.54) is 22.0 Å². The standard InChI is InChI=1S/C24H29PSi/c1-21(20-26(2,3)4)25(22-14-8-5-9-15-22,23-16-10-6-11-17-23)24-18-12-7-13-19-24/h5-19H,20H2,1-4H3. The Kier molecular flexibility index (Phi) is 5.70. The Morgan fingerprint density at radius 3 is 1.19 bits per heavy atom. The molecule has 0 aliphatic heterocycles. The fourth-order valence-electron chi connectivity index (χ4n) is 3.95. The fraction of sp³-hybridized carbons (Fsp3) is 0.208. The molecular formula is C24H29PSi. The first-order valence-corrected chi connectivity index (χ1v) is 14.8. The summed E-state index contributed by atoms with van der Waals surface area (Å²) in [4.78, 5) is 0. The first-order chi connectivity index (χ1) is 12.4. The van der Waals surface area contributed by atoms with Crippen LogP contribution in [0.3, 0.4) is 0 Å². The minimum Gasteiger partial charge on any atom is -0.0693 e. The summed E-state index contributed by atoms with van der Waals surface area (Å²) in [7, 11) is -1.24. The molecule has 0 amide bonds. The Morgan fingerprint density at radius 1 is 0.615 bits per heavy atom. The third-order valence-corrected chi connectivity index (χ3v) is 11.2. The maximum atomic E-state index is 2.48. The highest BCUT2D eigenvalue weighted by Crippen LogP contribution is 2.47. The van der Waals surface area contributed by atoms with Crippen LogP contribution in [0, 0.1) is 0 Å². The third kappa shape index (κ3) is 3.80. The van der Waals surface area contributed by atoms with E-state index >= 15 is 0 Å². The van der Waals surface area contributed by atoms with Gasteiger partial charge in [0.2, 0.25) is 0 Å². The average molecular weight is 377 g/mol. The Balaban J connectivity index is 2.46. The van der Waals surface area contributed by atoms with Crippen LogP contribution < -0.4 is 15.9 Å². The van der Waals surface area contributed by atoms with Gasteiger partial charge in [-0.2, -0.15) is 0 Å². The molecule has 26 heavy (non-hydrogen) atoms. The summed E-state index contributed by atoms with van der Waals surface area (Å²) in [6.07, 6.45) is 0. The second-order valence-corrected chi connectivity index (χ2v) is 17.3. The highest BCUT2D eigenvalue weighted by Gasteiger charge is 2.29. The van der Waals surface area contributed by atoms with Crippen molar-refractivity contribution in [3.8, 4) is 0 Å². The summed E-state index contributed by atoms with van der Waals surface area (Å²) in [5.41, 5.74) is 0. The van der Waals surface area contributed by atoms with Crippen LogP contribution >= 0.6 is 6.89 Å². The molecule has 0 nitrogen and oxygen atoms in total. The van der Waals surface area contributed by atoms with E-state index in [0.717, 1.165) is 0 Å². The van der Waals surface area contributed by atoms with Gasteiger partial charge in [-0.15, -0.1) is 0 Å². The minimum absolute atomic E-state index is 1.24. The molecule has 0 spiro atoms. The summed E-state index contributed by atoms with van der Waals surface area (Å²) in [5.74, 6) is 0. The van der Waals surface area contributed by atoms with E-state index in [4.69, 9.17) is 0 Å². The van der Waals surface area contributed by atoms with Crippen LogP contribution in [-0.4, -0.2) is 13.4 Å². The largest absolute Gasteiger partial charge is 0.0693 e. The normalized spacial score (nSPS) is 12.0. The summed E-state index contributed by atoms with van der Waals surface area (Å²) in [6.45, 7) is 8.06. The molecule has 0 aromatic heterocycles. The number of hydrogen-bond acceptors (Lipinski definition) is 0. The van der Waals surface area contributed by atoms with Gasteiger partial charge in [0.15, 0.2) is 0 Å². The first kappa shape index (κ1) is 19.0. The third-order valence-electron chi connectivity index (χ3n) is 4.79. The summed E-state index contributed by atoms with van der Waals surface area (Å²) >= 11 is 0. The number of benzene rings is 3. The topological polar surface area (TPSA) is 0 Å². The predicted molar refractivity (Wildman–Crippen MR) is 124 cm³/mol. The molecule has 0 heterocycles. The molecule has 0 unspecified atom stereocenters. The predicted octanol–water partition coefficient (Wildman–Crippen LogP) is 5.51. The van der Waals surface area contributed by atoms with E-state index in [-0.39, 0.29) is 0 Å². The minimum atomic E-state index is -1.79. The first-order valence-electron chi connectivity index (χ1n) is 9.33. The molecule has 2 heteroatoms. The zero-order valence-corrected chi connectivity index (χ0v) is 18.2. The molecule has 3 rings (SSSR count). The second kappa shape index (κ2) is 7.82. The van der Waals surface area contributed by atoms with Crippen LogP contribution in [0.1, 0.15) is 6.92 Å². The average Bonchev–Trinajstić information content (AvgIpc) is 2.64. The molecule has 0 atom stereocenters. The molecule has 0 fully saturated rings. The van der Waals surface area contributed by atoms with Crippen molar-refractivity contribution < 1.29 is 0 Å². The molecule has 0 N–H and O–H groups in total. The number of hydrogen-bond donors (Lipinski definition) is 0. The van der Waals surface area contributed by atoms with E-state index < -0.39 is 15.0 Å². The highest BCUT2D eigenvalue weighted by atomic mass is 31.2. The molecule has 0 aliphatic carbocycles. The van der Waals surface area contributed by atoms with Crippen LogP contribution in [0.25, 0.3) is 0 Å². The summed E-state index contributed by atoms with van der Waals surface area (Å²) < 4.78 is 0. The van der Waals surface area contributed by atoms with Crippen molar-refractivity contribution in [3.63, 3.8) is 0 Å². The Hall–Kier alpha value is -1.82. The lowest BCUT2D eigenvalue weighted by Gasteiger charge is -2.34. The molecule has 134 valence electrons. The van der Waals surface area contributed by atoms with Gasteiger partial charge in [-0.3, -0.25) is 0 Å². The van der Waals surface area contributed by atoms with Crippen molar-refractivity contribution in [2.45, 2.75) is 32.6 Å². The quantitative estimate of drug-likeness (QED) is 0.407. The van der Waals surface area contributed by atoms with Crippen molar-refractivity contribution in [1.29, 1.82) is 0 Å². The van der Waals surface area contributed by atoms with Gasteiger partial charge in [0.05, 0.1) is 0 Å². The van der Waals surface area contributed by atoms with Gasteiger partial charge in [0.25, 0.3) is 0 Å². The van der Waals surface area contributed by atoms with Gasteiger partial charge in [0.1, 0.15) is 0 Å². The van der Waals surface area contributed by atoms with Crippen molar-refractivity contribution in [2.75, 3.05) is 0 Å². The fourth-order valence-corrected chi connectivity index (χ4v) is 11.9. The van der Waals surface area contributed by atoms with Crippen molar-refractivity contribution in [2.24, 2.45) is 0 Å². The second-order valence-electron chi connectivity index (χ2n) is 8.15. The summed E-state index contributed by atoms with van der Waals surface area (Å²) in [5, 5.41) is 6.05. The van der Waals surface area contributed by atoms with Gasteiger partial charge < -0.3 is 0 Å². The molecule has 0 aliphatic rings. The smallest absolute Gasteiger partial charge is 0.0483 e. The van der Waals surface area contributed by atoms with Crippen LogP contribution in [-0.2, 0) is 0 Å². The van der Waals surface area contributed by atoms with E-state index in [1.54, 1.807) is 5.29 Å². The van der Waals surface area contributed by atoms with Crippen LogP contribution in [0.5, 0.6) is 0 Å². The van der Waals surface area contributed by atoms with Gasteiger partial charge in [0, 0.05) is 8.07 Å². The molecule has 3 aromatic carbocycles. The molecular weight excluding hydrogens is 347 g/mol.